The molecular formula is C8H5BrClNO4. The Balaban J connectivity index is 3.56. The number of benzene rings is 1. The fourth-order valence-electron chi connectivity index (χ4n) is 1.09. The maximum Gasteiger partial charge on any atom is 0.285 e. The number of carbonyl (C=O) groups excluding carboxylic acids is 1. The zero-order valence-electron chi connectivity index (χ0n) is 7.49. The molecule has 0 amide bonds. The monoisotopic (exact) mass is 293 g/mol. The molecule has 0 fully saturated rings. The van der Waals surface area contributed by atoms with Crippen molar-refractivity contribution >= 4 is 38.5 Å². The van der Waals surface area contributed by atoms with Crippen LogP contribution in [-0.4, -0.2) is 17.3 Å². The second-order valence-electron chi connectivity index (χ2n) is 2.51. The topological polar surface area (TPSA) is 69.4 Å². The van der Waals surface area contributed by atoms with Gasteiger partial charge in [-0.2, -0.15) is 0 Å². The number of hydrogen-bond donors (Lipinski definition) is 0. The highest BCUT2D eigenvalue weighted by Crippen LogP contribution is 2.36. The summed E-state index contributed by atoms with van der Waals surface area (Å²) in [7, 11) is 1.30. The van der Waals surface area contributed by atoms with Crippen LogP contribution < -0.4 is 4.74 Å². The van der Waals surface area contributed by atoms with Gasteiger partial charge in [-0.05, 0) is 33.6 Å². The Morgan fingerprint density at radius 3 is 2.60 bits per heavy atom. The van der Waals surface area contributed by atoms with Crippen molar-refractivity contribution in [1.29, 1.82) is 0 Å². The van der Waals surface area contributed by atoms with Gasteiger partial charge in [-0.3, -0.25) is 14.9 Å². The number of ether oxygens (including phenoxy) is 1. The van der Waals surface area contributed by atoms with Gasteiger partial charge in [0, 0.05) is 6.07 Å². The molecule has 1 aromatic rings. The molecule has 0 aromatic heterocycles. The molecule has 7 heteroatoms. The molecule has 1 rings (SSSR count). The van der Waals surface area contributed by atoms with Gasteiger partial charge in [0.2, 0.25) is 0 Å². The second kappa shape index (κ2) is 4.59. The van der Waals surface area contributed by atoms with Crippen LogP contribution >= 0.6 is 27.5 Å². The van der Waals surface area contributed by atoms with E-state index in [0.29, 0.717) is 4.47 Å². The molecule has 0 saturated carbocycles. The number of nitrogens with zero attached hydrogens (tertiary/aromatic N) is 1. The summed E-state index contributed by atoms with van der Waals surface area (Å²) in [5.74, 6) is 0.0594. The molecule has 0 aliphatic carbocycles. The molecule has 80 valence electrons. The van der Waals surface area contributed by atoms with E-state index in [1.54, 1.807) is 0 Å². The summed E-state index contributed by atoms with van der Waals surface area (Å²) >= 11 is 8.36. The lowest BCUT2D eigenvalue weighted by Gasteiger charge is -2.07. The Kier molecular flexibility index (Phi) is 3.65. The largest absolute Gasteiger partial charge is 0.494 e. The van der Waals surface area contributed by atoms with E-state index in [0.717, 1.165) is 0 Å². The van der Waals surface area contributed by atoms with Gasteiger partial charge < -0.3 is 4.74 Å². The summed E-state index contributed by atoms with van der Waals surface area (Å²) in [6.45, 7) is 0. The third-order valence-electron chi connectivity index (χ3n) is 1.69. The first-order valence-electron chi connectivity index (χ1n) is 3.69. The van der Waals surface area contributed by atoms with Gasteiger partial charge in [-0.25, -0.2) is 0 Å². The van der Waals surface area contributed by atoms with E-state index in [-0.39, 0.29) is 17.0 Å². The first-order valence-corrected chi connectivity index (χ1v) is 4.86. The molecule has 0 saturated heterocycles. The molecule has 0 N–H and O–H groups in total. The lowest BCUT2D eigenvalue weighted by molar-refractivity contribution is -0.385. The van der Waals surface area contributed by atoms with Crippen molar-refractivity contribution in [2.45, 2.75) is 0 Å². The van der Waals surface area contributed by atoms with Gasteiger partial charge in [0.05, 0.1) is 16.5 Å². The smallest absolute Gasteiger partial charge is 0.285 e. The minimum absolute atomic E-state index is 0.0594. The Labute approximate surface area is 98.3 Å². The Morgan fingerprint density at radius 2 is 2.20 bits per heavy atom. The van der Waals surface area contributed by atoms with Crippen LogP contribution in [0.25, 0.3) is 0 Å². The number of carbonyl (C=O) groups is 1. The molecule has 0 heterocycles. The lowest BCUT2D eigenvalue weighted by Crippen LogP contribution is -2.02. The highest BCUT2D eigenvalue weighted by Gasteiger charge is 2.25. The van der Waals surface area contributed by atoms with Crippen molar-refractivity contribution in [3.05, 3.63) is 32.3 Å². The van der Waals surface area contributed by atoms with E-state index in [4.69, 9.17) is 16.3 Å². The maximum atomic E-state index is 11.1. The van der Waals surface area contributed by atoms with E-state index in [1.165, 1.54) is 19.2 Å². The van der Waals surface area contributed by atoms with Gasteiger partial charge >= 0.3 is 0 Å². The average molecular weight is 294 g/mol. The molecule has 1 aromatic carbocycles. The standard InChI is InChI=1S/C8H5BrClNO4/c1-15-7-4(9)2-3-5(11(13)14)6(7)8(10)12/h2-3H,1H3. The fraction of sp³-hybridized carbons (Fsp3) is 0.125. The van der Waals surface area contributed by atoms with Crippen molar-refractivity contribution in [1.82, 2.24) is 0 Å². The highest BCUT2D eigenvalue weighted by molar-refractivity contribution is 9.10. The van der Waals surface area contributed by atoms with E-state index in [1.807, 2.05) is 0 Å². The van der Waals surface area contributed by atoms with Crippen molar-refractivity contribution < 1.29 is 14.5 Å². The summed E-state index contributed by atoms with van der Waals surface area (Å²) in [6, 6.07) is 2.60. The normalized spacial score (nSPS) is 9.80. The van der Waals surface area contributed by atoms with E-state index < -0.39 is 10.2 Å². The fourth-order valence-corrected chi connectivity index (χ4v) is 1.76. The predicted octanol–water partition coefficient (Wildman–Crippen LogP) is 2.74. The lowest BCUT2D eigenvalue weighted by atomic mass is 10.2. The summed E-state index contributed by atoms with van der Waals surface area (Å²) in [5.41, 5.74) is -0.631. The first kappa shape index (κ1) is 11.9. The van der Waals surface area contributed by atoms with Crippen molar-refractivity contribution in [2.75, 3.05) is 7.11 Å². The van der Waals surface area contributed by atoms with Crippen molar-refractivity contribution in [2.24, 2.45) is 0 Å². The van der Waals surface area contributed by atoms with Gasteiger partial charge in [-0.1, -0.05) is 0 Å². The van der Waals surface area contributed by atoms with Crippen LogP contribution in [0.15, 0.2) is 16.6 Å². The van der Waals surface area contributed by atoms with Crippen LogP contribution in [0.1, 0.15) is 10.4 Å². The van der Waals surface area contributed by atoms with E-state index >= 15 is 0 Å². The number of hydrogen-bond acceptors (Lipinski definition) is 4. The Morgan fingerprint density at radius 1 is 1.60 bits per heavy atom. The zero-order valence-corrected chi connectivity index (χ0v) is 9.83. The molecular weight excluding hydrogens is 289 g/mol. The molecule has 0 unspecified atom stereocenters. The summed E-state index contributed by atoms with van der Waals surface area (Å²) in [4.78, 5) is 21.0. The third-order valence-corrected chi connectivity index (χ3v) is 2.50. The van der Waals surface area contributed by atoms with Crippen LogP contribution in [0.3, 0.4) is 0 Å². The second-order valence-corrected chi connectivity index (χ2v) is 3.70. The minimum atomic E-state index is -0.931. The quantitative estimate of drug-likeness (QED) is 0.488. The van der Waals surface area contributed by atoms with Crippen LogP contribution in [-0.2, 0) is 0 Å². The molecule has 0 radical (unpaired) electrons. The molecule has 0 bridgehead atoms. The van der Waals surface area contributed by atoms with Crippen LogP contribution in [0.5, 0.6) is 5.75 Å². The first-order chi connectivity index (χ1) is 6.99. The molecule has 15 heavy (non-hydrogen) atoms. The van der Waals surface area contributed by atoms with E-state index in [9.17, 15) is 14.9 Å². The van der Waals surface area contributed by atoms with Crippen molar-refractivity contribution in [3.8, 4) is 5.75 Å². The molecule has 5 nitrogen and oxygen atoms in total. The summed E-state index contributed by atoms with van der Waals surface area (Å²) < 4.78 is 5.30. The van der Waals surface area contributed by atoms with Gasteiger partial charge in [0.1, 0.15) is 0 Å². The van der Waals surface area contributed by atoms with Gasteiger partial charge in [-0.15, -0.1) is 0 Å². The Hall–Kier alpha value is -1.14. The summed E-state index contributed by atoms with van der Waals surface area (Å²) in [6.07, 6.45) is 0. The maximum absolute atomic E-state index is 11.1. The SMILES string of the molecule is COc1c(Br)ccc([N+](=O)[O-])c1C(=O)Cl. The number of halogens is 2. The third kappa shape index (κ3) is 2.27. The highest BCUT2D eigenvalue weighted by atomic mass is 79.9. The van der Waals surface area contributed by atoms with Crippen LogP contribution in [0.4, 0.5) is 5.69 Å². The predicted molar refractivity (Wildman–Crippen MR) is 57.5 cm³/mol. The molecule has 0 atom stereocenters. The minimum Gasteiger partial charge on any atom is -0.494 e. The molecule has 0 aliphatic rings. The molecule has 0 spiro atoms. The average Bonchev–Trinajstić information content (AvgIpc) is 2.16. The number of rotatable bonds is 3. The number of methoxy groups -OCH3 is 1. The Bertz CT molecular complexity index is 435. The summed E-state index contributed by atoms with van der Waals surface area (Å²) in [5, 5.41) is 9.70. The van der Waals surface area contributed by atoms with Crippen LogP contribution in [0.2, 0.25) is 0 Å². The van der Waals surface area contributed by atoms with Gasteiger partial charge in [0.25, 0.3) is 10.9 Å². The number of nitro groups is 1. The van der Waals surface area contributed by atoms with Gasteiger partial charge in [0.15, 0.2) is 11.3 Å². The van der Waals surface area contributed by atoms with E-state index in [2.05, 4.69) is 15.9 Å². The van der Waals surface area contributed by atoms with Crippen LogP contribution in [0, 0.1) is 10.1 Å². The number of nitro benzene ring substituents is 1. The van der Waals surface area contributed by atoms with Crippen molar-refractivity contribution in [3.63, 3.8) is 0 Å². The zero-order chi connectivity index (χ0) is 11.6. The molecule has 0 aliphatic heterocycles.